The van der Waals surface area contributed by atoms with Crippen molar-refractivity contribution in [1.82, 2.24) is 10.2 Å². The van der Waals surface area contributed by atoms with Gasteiger partial charge in [0.05, 0.1) is 13.2 Å². The van der Waals surface area contributed by atoms with Gasteiger partial charge in [0.25, 0.3) is 5.91 Å². The second-order valence-electron chi connectivity index (χ2n) is 7.74. The van der Waals surface area contributed by atoms with E-state index in [0.29, 0.717) is 12.4 Å². The van der Waals surface area contributed by atoms with E-state index in [1.54, 1.807) is 6.92 Å². The molecule has 1 saturated heterocycles. The van der Waals surface area contributed by atoms with Crippen LogP contribution in [0.3, 0.4) is 0 Å². The second kappa shape index (κ2) is 8.68. The first kappa shape index (κ1) is 20.7. The molecule has 0 radical (unpaired) electrons. The van der Waals surface area contributed by atoms with Gasteiger partial charge in [-0.25, -0.2) is 4.79 Å². The lowest BCUT2D eigenvalue weighted by Crippen LogP contribution is -2.41. The third-order valence-electron chi connectivity index (χ3n) is 5.48. The Hall–Kier alpha value is -3.54. The summed E-state index contributed by atoms with van der Waals surface area (Å²) in [6.45, 7) is 4.85. The Bertz CT molecular complexity index is 1100. The van der Waals surface area contributed by atoms with E-state index in [1.807, 2.05) is 66.7 Å². The van der Waals surface area contributed by atoms with Crippen LogP contribution in [-0.2, 0) is 10.3 Å². The number of amides is 3. The molecule has 1 aliphatic heterocycles. The van der Waals surface area contributed by atoms with Crippen LogP contribution in [-0.4, -0.2) is 36.6 Å². The molecule has 3 aromatic rings. The van der Waals surface area contributed by atoms with Crippen LogP contribution >= 0.6 is 0 Å². The molecule has 1 fully saturated rings. The zero-order valence-corrected chi connectivity index (χ0v) is 17.8. The fourth-order valence-electron chi connectivity index (χ4n) is 3.70. The molecule has 31 heavy (non-hydrogen) atoms. The number of nitrogens with one attached hydrogen (secondary N) is 1. The molecule has 1 N–H and O–H groups in total. The van der Waals surface area contributed by atoms with Crippen molar-refractivity contribution in [3.05, 3.63) is 72.3 Å². The standard InChI is InChI=1S/C25H26N2O4/c1-3-15-30-21-10-12-22(13-11-21)31-16-14-27-23(28)25(2,26-24(27)29)20-9-8-18-6-4-5-7-19(18)17-20/h4-13,17H,3,14-16H2,1-2H3,(H,26,29). The molecular formula is C25H26N2O4. The molecule has 160 valence electrons. The topological polar surface area (TPSA) is 67.9 Å². The van der Waals surface area contributed by atoms with Crippen LogP contribution in [0.2, 0.25) is 0 Å². The van der Waals surface area contributed by atoms with Crippen LogP contribution in [0.25, 0.3) is 10.8 Å². The van der Waals surface area contributed by atoms with Crippen molar-refractivity contribution in [3.63, 3.8) is 0 Å². The summed E-state index contributed by atoms with van der Waals surface area (Å²) in [7, 11) is 0. The van der Waals surface area contributed by atoms with Crippen molar-refractivity contribution in [2.75, 3.05) is 19.8 Å². The fourth-order valence-corrected chi connectivity index (χ4v) is 3.70. The van der Waals surface area contributed by atoms with Crippen molar-refractivity contribution < 1.29 is 19.1 Å². The van der Waals surface area contributed by atoms with Gasteiger partial charge in [-0.2, -0.15) is 0 Å². The fraction of sp³-hybridized carbons (Fsp3) is 0.280. The highest BCUT2D eigenvalue weighted by molar-refractivity contribution is 6.07. The van der Waals surface area contributed by atoms with E-state index in [4.69, 9.17) is 9.47 Å². The van der Waals surface area contributed by atoms with Gasteiger partial charge < -0.3 is 14.8 Å². The summed E-state index contributed by atoms with van der Waals surface area (Å²) in [6, 6.07) is 20.7. The van der Waals surface area contributed by atoms with Gasteiger partial charge in [0, 0.05) is 0 Å². The summed E-state index contributed by atoms with van der Waals surface area (Å²) in [5.41, 5.74) is -0.338. The highest BCUT2D eigenvalue weighted by atomic mass is 16.5. The van der Waals surface area contributed by atoms with Crippen molar-refractivity contribution >= 4 is 22.7 Å². The molecule has 0 saturated carbocycles. The Kier molecular flexibility index (Phi) is 5.80. The van der Waals surface area contributed by atoms with E-state index in [1.165, 1.54) is 4.90 Å². The average molecular weight is 418 g/mol. The maximum Gasteiger partial charge on any atom is 0.325 e. The van der Waals surface area contributed by atoms with E-state index < -0.39 is 11.6 Å². The number of imide groups is 1. The molecule has 6 heteroatoms. The summed E-state index contributed by atoms with van der Waals surface area (Å²) in [5, 5.41) is 4.96. The summed E-state index contributed by atoms with van der Waals surface area (Å²) in [4.78, 5) is 26.9. The lowest BCUT2D eigenvalue weighted by Gasteiger charge is -2.22. The van der Waals surface area contributed by atoms with Crippen LogP contribution in [0.4, 0.5) is 4.79 Å². The minimum Gasteiger partial charge on any atom is -0.494 e. The Morgan fingerprint density at radius 2 is 1.52 bits per heavy atom. The molecule has 3 aromatic carbocycles. The van der Waals surface area contributed by atoms with Gasteiger partial charge in [-0.05, 0) is 60.0 Å². The maximum absolute atomic E-state index is 13.1. The first-order chi connectivity index (χ1) is 15.0. The number of carbonyl (C=O) groups is 2. The Morgan fingerprint density at radius 3 is 2.19 bits per heavy atom. The minimum absolute atomic E-state index is 0.169. The number of fused-ring (bicyclic) bond motifs is 1. The first-order valence-electron chi connectivity index (χ1n) is 10.5. The molecule has 3 amide bonds. The zero-order chi connectivity index (χ0) is 21.8. The minimum atomic E-state index is -1.10. The van der Waals surface area contributed by atoms with Gasteiger partial charge in [0.1, 0.15) is 23.6 Å². The molecule has 1 aliphatic rings. The maximum atomic E-state index is 13.1. The van der Waals surface area contributed by atoms with E-state index >= 15 is 0 Å². The molecule has 1 heterocycles. The Balaban J connectivity index is 1.40. The molecule has 0 aliphatic carbocycles. The largest absolute Gasteiger partial charge is 0.494 e. The molecule has 0 spiro atoms. The number of ether oxygens (including phenoxy) is 2. The van der Waals surface area contributed by atoms with E-state index in [0.717, 1.165) is 28.5 Å². The van der Waals surface area contributed by atoms with Gasteiger partial charge in [0.2, 0.25) is 0 Å². The smallest absolute Gasteiger partial charge is 0.325 e. The Labute approximate surface area is 181 Å². The van der Waals surface area contributed by atoms with Gasteiger partial charge in [-0.3, -0.25) is 9.69 Å². The van der Waals surface area contributed by atoms with Crippen LogP contribution in [0.15, 0.2) is 66.7 Å². The first-order valence-corrected chi connectivity index (χ1v) is 10.5. The predicted molar refractivity (Wildman–Crippen MR) is 119 cm³/mol. The highest BCUT2D eigenvalue weighted by Gasteiger charge is 2.48. The third kappa shape index (κ3) is 4.19. The second-order valence-corrected chi connectivity index (χ2v) is 7.74. The number of urea groups is 1. The highest BCUT2D eigenvalue weighted by Crippen LogP contribution is 2.31. The number of benzene rings is 3. The van der Waals surface area contributed by atoms with Gasteiger partial charge in [-0.15, -0.1) is 0 Å². The Morgan fingerprint density at radius 1 is 0.871 bits per heavy atom. The van der Waals surface area contributed by atoms with Crippen LogP contribution in [0, 0.1) is 0 Å². The van der Waals surface area contributed by atoms with Crippen molar-refractivity contribution in [3.8, 4) is 11.5 Å². The van der Waals surface area contributed by atoms with Gasteiger partial charge >= 0.3 is 6.03 Å². The number of carbonyl (C=O) groups excluding carboxylic acids is 2. The van der Waals surface area contributed by atoms with E-state index in [9.17, 15) is 9.59 Å². The van der Waals surface area contributed by atoms with Gasteiger partial charge in [-0.1, -0.05) is 43.3 Å². The van der Waals surface area contributed by atoms with Crippen molar-refractivity contribution in [2.45, 2.75) is 25.8 Å². The monoisotopic (exact) mass is 418 g/mol. The van der Waals surface area contributed by atoms with Gasteiger partial charge in [0.15, 0.2) is 0 Å². The third-order valence-corrected chi connectivity index (χ3v) is 5.48. The SMILES string of the molecule is CCCOc1ccc(OCCN2C(=O)NC(C)(c3ccc4ccccc4c3)C2=O)cc1. The number of rotatable bonds is 8. The number of nitrogens with zero attached hydrogens (tertiary/aromatic N) is 1. The summed E-state index contributed by atoms with van der Waals surface area (Å²) in [5.74, 6) is 1.17. The molecule has 1 unspecified atom stereocenters. The quantitative estimate of drug-likeness (QED) is 0.548. The molecule has 0 aromatic heterocycles. The molecular weight excluding hydrogens is 392 g/mol. The van der Waals surface area contributed by atoms with E-state index in [2.05, 4.69) is 12.2 Å². The lowest BCUT2D eigenvalue weighted by molar-refractivity contribution is -0.131. The zero-order valence-electron chi connectivity index (χ0n) is 17.8. The number of hydrogen-bond acceptors (Lipinski definition) is 4. The van der Waals surface area contributed by atoms with Crippen molar-refractivity contribution in [2.24, 2.45) is 0 Å². The summed E-state index contributed by atoms with van der Waals surface area (Å²) < 4.78 is 11.3. The molecule has 6 nitrogen and oxygen atoms in total. The van der Waals surface area contributed by atoms with E-state index in [-0.39, 0.29) is 19.1 Å². The summed E-state index contributed by atoms with van der Waals surface area (Å²) in [6.07, 6.45) is 0.947. The van der Waals surface area contributed by atoms with Crippen LogP contribution in [0.1, 0.15) is 25.8 Å². The molecule has 0 bridgehead atoms. The molecule has 1 atom stereocenters. The normalized spacial score (nSPS) is 18.3. The number of hydrogen-bond donors (Lipinski definition) is 1. The van der Waals surface area contributed by atoms with Crippen LogP contribution < -0.4 is 14.8 Å². The predicted octanol–water partition coefficient (Wildman–Crippen LogP) is 4.47. The molecule has 4 rings (SSSR count). The van der Waals surface area contributed by atoms with Crippen molar-refractivity contribution in [1.29, 1.82) is 0 Å². The average Bonchev–Trinajstić information content (AvgIpc) is 3.02. The van der Waals surface area contributed by atoms with Crippen LogP contribution in [0.5, 0.6) is 11.5 Å². The summed E-state index contributed by atoms with van der Waals surface area (Å²) >= 11 is 0. The lowest BCUT2D eigenvalue weighted by atomic mass is 9.90.